The number of carbonyl (C=O) groups is 8. The summed E-state index contributed by atoms with van der Waals surface area (Å²) in [5.41, 5.74) is 1.98. The number of imide groups is 1. The molecule has 69 heavy (non-hydrogen) atoms. The number of rotatable bonds is 21. The summed E-state index contributed by atoms with van der Waals surface area (Å²) in [5, 5.41) is 10.7. The van der Waals surface area contributed by atoms with Crippen molar-refractivity contribution in [3.05, 3.63) is 69.6 Å². The summed E-state index contributed by atoms with van der Waals surface area (Å²) in [7, 11) is -5.83. The van der Waals surface area contributed by atoms with Gasteiger partial charge in [-0.3, -0.25) is 48.2 Å². The van der Waals surface area contributed by atoms with Gasteiger partial charge in [0.2, 0.25) is 35.4 Å². The number of primary amides is 1. The normalized spacial score (nSPS) is 18.0. The van der Waals surface area contributed by atoms with Crippen molar-refractivity contribution in [2.24, 2.45) is 5.73 Å². The Kier molecular flexibility index (Phi) is 17.5. The Hall–Kier alpha value is -6.07. The van der Waals surface area contributed by atoms with Crippen molar-refractivity contribution in [3.8, 4) is 11.8 Å². The van der Waals surface area contributed by atoms with Crippen LogP contribution in [0.4, 0.5) is 8.78 Å². The molecule has 0 aliphatic carbocycles. The maximum Gasteiger partial charge on any atom is 0.399 e. The minimum atomic E-state index is -5.83. The highest BCUT2D eigenvalue weighted by atomic mass is 32.1. The summed E-state index contributed by atoms with van der Waals surface area (Å²) in [6, 6.07) is 5.70. The number of benzene rings is 2. The summed E-state index contributed by atoms with van der Waals surface area (Å²) in [6.07, 6.45) is 5.86. The molecule has 8 amide bonds. The Morgan fingerprint density at radius 3 is 2.48 bits per heavy atom. The molecule has 0 bridgehead atoms. The molecule has 1 aromatic heterocycles. The van der Waals surface area contributed by atoms with E-state index in [4.69, 9.17) is 5.73 Å². The van der Waals surface area contributed by atoms with E-state index in [1.54, 1.807) is 12.1 Å². The summed E-state index contributed by atoms with van der Waals surface area (Å²) in [5.74, 6) is 2.22. The fraction of sp³-hybridized carbons (Fsp3) is 0.489. The number of halogens is 2. The number of thiophene rings is 1. The second-order valence-corrected chi connectivity index (χ2v) is 20.1. The molecule has 6 rings (SSSR count). The number of hydrogen-bond acceptors (Lipinski definition) is 10. The number of unbranched alkanes of at least 4 members (excludes halogenated alkanes) is 5. The largest absolute Gasteiger partial charge is 0.399 e. The van der Waals surface area contributed by atoms with Crippen molar-refractivity contribution < 1.29 is 61.5 Å². The molecule has 3 aliphatic rings. The standard InChI is InChI=1S/C47H56F2N7O11PS/c1-2-3-15-34(53-44(62)38-26-29-25-30(17-20-37(29)69-38)47(48,49)68(65,66)67)46(64)55-24-11-16-35(55)42(60)52-33(18-21-39(50)57)41(59)51-23-9-7-5-4-6-8-12-28-13-10-14-31-32(28)27-56(45(31)63)36-19-22-40(58)54-43(36)61/h10,13-14,17,20,25-26,33-36H,2-7,9,11,15-16,18-19,21-24,27H2,1H3,(H2,50,57)(H,51,59)(H,52,60)(H,53,62)(H,54,58,61)(H2,65,66,67)/t33-,34-,35-,36?/m0/s1. The smallest absolute Gasteiger partial charge is 0.370 e. The Balaban J connectivity index is 0.981. The predicted molar refractivity (Wildman–Crippen MR) is 249 cm³/mol. The molecule has 1 unspecified atom stereocenters. The Labute approximate surface area is 401 Å². The van der Waals surface area contributed by atoms with Crippen molar-refractivity contribution in [1.29, 1.82) is 0 Å². The molecule has 0 radical (unpaired) electrons. The van der Waals surface area contributed by atoms with Crippen molar-refractivity contribution >= 4 is 76.3 Å². The van der Waals surface area contributed by atoms with Gasteiger partial charge in [-0.2, -0.15) is 8.78 Å². The first kappa shape index (κ1) is 52.3. The van der Waals surface area contributed by atoms with E-state index in [-0.39, 0.29) is 80.2 Å². The highest BCUT2D eigenvalue weighted by Gasteiger charge is 2.50. The molecule has 2 aromatic carbocycles. The first-order valence-corrected chi connectivity index (χ1v) is 25.4. The molecule has 0 saturated carbocycles. The summed E-state index contributed by atoms with van der Waals surface area (Å²) in [6.45, 7) is 2.61. The maximum atomic E-state index is 14.4. The van der Waals surface area contributed by atoms with Crippen molar-refractivity contribution in [2.45, 2.75) is 133 Å². The molecule has 370 valence electrons. The van der Waals surface area contributed by atoms with Gasteiger partial charge in [0, 0.05) is 60.3 Å². The van der Waals surface area contributed by atoms with Crippen LogP contribution in [0.1, 0.15) is 134 Å². The van der Waals surface area contributed by atoms with E-state index >= 15 is 0 Å². The summed E-state index contributed by atoms with van der Waals surface area (Å²) >= 11 is 0.942. The number of fused-ring (bicyclic) bond motifs is 2. The monoisotopic (exact) mass is 995 g/mol. The Bertz CT molecular complexity index is 2610. The van der Waals surface area contributed by atoms with Gasteiger partial charge in [0.15, 0.2) is 0 Å². The molecular formula is C47H56F2N7O11PS. The van der Waals surface area contributed by atoms with Gasteiger partial charge in [0.25, 0.3) is 11.8 Å². The number of hydrogen-bond donors (Lipinski definition) is 7. The van der Waals surface area contributed by atoms with E-state index in [9.17, 15) is 61.5 Å². The molecule has 4 heterocycles. The molecule has 2 fully saturated rings. The number of nitrogens with one attached hydrogen (secondary N) is 4. The quantitative estimate of drug-likeness (QED) is 0.0346. The second kappa shape index (κ2) is 23.0. The van der Waals surface area contributed by atoms with E-state index in [2.05, 4.69) is 33.1 Å². The first-order chi connectivity index (χ1) is 32.8. The lowest BCUT2D eigenvalue weighted by molar-refractivity contribution is -0.141. The average molecular weight is 996 g/mol. The number of piperidine rings is 1. The minimum absolute atomic E-state index is 0.0649. The van der Waals surface area contributed by atoms with Gasteiger partial charge < -0.3 is 41.3 Å². The molecule has 8 N–H and O–H groups in total. The highest BCUT2D eigenvalue weighted by Crippen LogP contribution is 2.59. The van der Waals surface area contributed by atoms with Crippen LogP contribution in [-0.2, 0) is 45.5 Å². The van der Waals surface area contributed by atoms with E-state index in [0.29, 0.717) is 47.9 Å². The van der Waals surface area contributed by atoms with Gasteiger partial charge in [0.05, 0.1) is 4.88 Å². The van der Waals surface area contributed by atoms with Crippen molar-refractivity contribution in [1.82, 2.24) is 31.1 Å². The van der Waals surface area contributed by atoms with Gasteiger partial charge in [-0.15, -0.1) is 11.3 Å². The molecular weight excluding hydrogens is 940 g/mol. The molecule has 18 nitrogen and oxygen atoms in total. The lowest BCUT2D eigenvalue weighted by Crippen LogP contribution is -2.56. The predicted octanol–water partition coefficient (Wildman–Crippen LogP) is 4.04. The van der Waals surface area contributed by atoms with Crippen LogP contribution in [0.15, 0.2) is 42.5 Å². The van der Waals surface area contributed by atoms with Gasteiger partial charge in [-0.05, 0) is 86.2 Å². The fourth-order valence-corrected chi connectivity index (χ4v) is 10.0. The van der Waals surface area contributed by atoms with Gasteiger partial charge >= 0.3 is 13.3 Å². The van der Waals surface area contributed by atoms with E-state index < -0.39 is 78.4 Å². The SMILES string of the molecule is CCCC[C@H](NC(=O)c1cc2cc(C(F)(F)P(=O)(O)O)ccc2s1)C(=O)N1CCC[C@H]1C(=O)N[C@@H](CCC(N)=O)C(=O)NCCCCCCC#Cc1cccc2c1CN(C1CCC(=O)NC1=O)C2=O. The molecule has 2 saturated heterocycles. The maximum absolute atomic E-state index is 14.4. The number of alkyl halides is 2. The van der Waals surface area contributed by atoms with Gasteiger partial charge in [0.1, 0.15) is 24.2 Å². The molecule has 22 heteroatoms. The van der Waals surface area contributed by atoms with Gasteiger partial charge in [-0.1, -0.05) is 56.6 Å². The summed E-state index contributed by atoms with van der Waals surface area (Å²) < 4.78 is 40.7. The molecule has 0 spiro atoms. The lowest BCUT2D eigenvalue weighted by atomic mass is 10.0. The number of amides is 8. The van der Waals surface area contributed by atoms with Gasteiger partial charge in [-0.25, -0.2) is 0 Å². The van der Waals surface area contributed by atoms with Crippen LogP contribution < -0.4 is 27.0 Å². The summed E-state index contributed by atoms with van der Waals surface area (Å²) in [4.78, 5) is 125. The van der Waals surface area contributed by atoms with Crippen LogP contribution in [0, 0.1) is 11.8 Å². The van der Waals surface area contributed by atoms with Crippen LogP contribution in [0.2, 0.25) is 0 Å². The number of nitrogens with two attached hydrogens (primary N) is 1. The second-order valence-electron chi connectivity index (χ2n) is 17.4. The van der Waals surface area contributed by atoms with Crippen LogP contribution in [0.5, 0.6) is 0 Å². The Morgan fingerprint density at radius 1 is 0.986 bits per heavy atom. The third kappa shape index (κ3) is 12.8. The topological polar surface area (TPSA) is 275 Å². The third-order valence-electron chi connectivity index (χ3n) is 12.4. The number of likely N-dealkylation sites (tertiary alicyclic amines) is 1. The van der Waals surface area contributed by atoms with Crippen LogP contribution in [0.25, 0.3) is 10.1 Å². The lowest BCUT2D eigenvalue weighted by Gasteiger charge is -2.30. The van der Waals surface area contributed by atoms with E-state index in [1.165, 1.54) is 21.9 Å². The zero-order valence-corrected chi connectivity index (χ0v) is 39.7. The zero-order chi connectivity index (χ0) is 50.0. The fourth-order valence-electron chi connectivity index (χ4n) is 8.62. The van der Waals surface area contributed by atoms with Crippen LogP contribution in [0.3, 0.4) is 0 Å². The van der Waals surface area contributed by atoms with E-state index in [0.717, 1.165) is 48.3 Å². The molecule has 4 atom stereocenters. The highest BCUT2D eigenvalue weighted by molar-refractivity contribution is 7.52. The zero-order valence-electron chi connectivity index (χ0n) is 38.0. The number of nitrogens with zero attached hydrogens (tertiary/aromatic N) is 2. The Morgan fingerprint density at radius 2 is 1.75 bits per heavy atom. The molecule has 3 aliphatic heterocycles. The van der Waals surface area contributed by atoms with Crippen LogP contribution >= 0.6 is 18.9 Å². The van der Waals surface area contributed by atoms with Crippen LogP contribution in [-0.4, -0.2) is 104 Å². The van der Waals surface area contributed by atoms with Crippen molar-refractivity contribution in [2.75, 3.05) is 13.1 Å². The average Bonchev–Trinajstić information content (AvgIpc) is 4.05. The van der Waals surface area contributed by atoms with E-state index in [1.807, 2.05) is 13.0 Å². The third-order valence-corrected chi connectivity index (χ3v) is 14.5. The molecule has 3 aromatic rings. The first-order valence-electron chi connectivity index (χ1n) is 23.0. The minimum Gasteiger partial charge on any atom is -0.370 e. The van der Waals surface area contributed by atoms with Crippen molar-refractivity contribution in [3.63, 3.8) is 0 Å². The number of carbonyl (C=O) groups excluding carboxylic acids is 8.